The van der Waals surface area contributed by atoms with Crippen molar-refractivity contribution in [3.05, 3.63) is 34.9 Å². The van der Waals surface area contributed by atoms with Gasteiger partial charge >= 0.3 is 11.9 Å². The number of carbonyl (C=O) groups excluding carboxylic acids is 1. The minimum absolute atomic E-state index is 0.140. The smallest absolute Gasteiger partial charge is 0.324 e. The van der Waals surface area contributed by atoms with E-state index in [1.807, 2.05) is 32.0 Å². The average Bonchev–Trinajstić information content (AvgIpc) is 2.33. The van der Waals surface area contributed by atoms with Crippen LogP contribution in [0.5, 0.6) is 0 Å². The zero-order valence-corrected chi connectivity index (χ0v) is 13.4. The van der Waals surface area contributed by atoms with Gasteiger partial charge in [0.25, 0.3) is 0 Å². The van der Waals surface area contributed by atoms with Gasteiger partial charge < -0.3 is 9.84 Å². The van der Waals surface area contributed by atoms with Crippen molar-refractivity contribution in [1.82, 2.24) is 0 Å². The number of ether oxygens (including phenoxy) is 1. The lowest BCUT2D eigenvalue weighted by molar-refractivity contribution is -0.172. The number of esters is 1. The standard InChI is InChI=1S/C17H24O4/c1-6-21-16(20)17(11(2)3,15(18)19)10-14-8-12(4)7-13(5)9-14/h7-9,11H,6,10H2,1-5H3,(H,18,19). The predicted molar refractivity (Wildman–Crippen MR) is 81.2 cm³/mol. The topological polar surface area (TPSA) is 63.6 Å². The molecule has 0 saturated carbocycles. The first-order valence-electron chi connectivity index (χ1n) is 7.21. The first-order chi connectivity index (χ1) is 9.73. The van der Waals surface area contributed by atoms with Crippen molar-refractivity contribution >= 4 is 11.9 Å². The van der Waals surface area contributed by atoms with Crippen LogP contribution in [-0.4, -0.2) is 23.7 Å². The summed E-state index contributed by atoms with van der Waals surface area (Å²) in [6, 6.07) is 5.87. The second-order valence-electron chi connectivity index (χ2n) is 5.82. The molecule has 0 heterocycles. The summed E-state index contributed by atoms with van der Waals surface area (Å²) in [6.07, 6.45) is 0.140. The third kappa shape index (κ3) is 3.63. The highest BCUT2D eigenvalue weighted by molar-refractivity contribution is 5.99. The maximum absolute atomic E-state index is 12.3. The lowest BCUT2D eigenvalue weighted by Gasteiger charge is -2.31. The van der Waals surface area contributed by atoms with Gasteiger partial charge in [-0.15, -0.1) is 0 Å². The fraction of sp³-hybridized carbons (Fsp3) is 0.529. The first kappa shape index (κ1) is 17.2. The Morgan fingerprint density at radius 3 is 2.10 bits per heavy atom. The molecule has 4 nitrogen and oxygen atoms in total. The van der Waals surface area contributed by atoms with Crippen molar-refractivity contribution in [3.8, 4) is 0 Å². The van der Waals surface area contributed by atoms with Crippen molar-refractivity contribution < 1.29 is 19.4 Å². The Balaban J connectivity index is 3.30. The van der Waals surface area contributed by atoms with Crippen LogP contribution < -0.4 is 0 Å². The van der Waals surface area contributed by atoms with Crippen molar-refractivity contribution in [2.75, 3.05) is 6.61 Å². The molecule has 1 aromatic rings. The number of rotatable bonds is 6. The van der Waals surface area contributed by atoms with Gasteiger partial charge in [-0.2, -0.15) is 0 Å². The third-order valence-corrected chi connectivity index (χ3v) is 3.77. The van der Waals surface area contributed by atoms with Gasteiger partial charge in [-0.05, 0) is 38.7 Å². The molecule has 1 aromatic carbocycles. The predicted octanol–water partition coefficient (Wildman–Crippen LogP) is 3.14. The van der Waals surface area contributed by atoms with Gasteiger partial charge in [0.05, 0.1) is 6.61 Å². The molecule has 0 radical (unpaired) electrons. The van der Waals surface area contributed by atoms with E-state index in [1.54, 1.807) is 20.8 Å². The van der Waals surface area contributed by atoms with E-state index in [9.17, 15) is 14.7 Å². The highest BCUT2D eigenvalue weighted by Gasteiger charge is 2.50. The molecular weight excluding hydrogens is 268 g/mol. The number of carbonyl (C=O) groups is 2. The van der Waals surface area contributed by atoms with E-state index in [4.69, 9.17) is 4.74 Å². The number of aryl methyl sites for hydroxylation is 2. The summed E-state index contributed by atoms with van der Waals surface area (Å²) >= 11 is 0. The van der Waals surface area contributed by atoms with Gasteiger partial charge in [-0.3, -0.25) is 9.59 Å². The molecule has 0 bridgehead atoms. The molecule has 0 fully saturated rings. The highest BCUT2D eigenvalue weighted by Crippen LogP contribution is 2.34. The lowest BCUT2D eigenvalue weighted by Crippen LogP contribution is -2.47. The molecule has 1 unspecified atom stereocenters. The largest absolute Gasteiger partial charge is 0.480 e. The summed E-state index contributed by atoms with van der Waals surface area (Å²) in [4.78, 5) is 24.2. The van der Waals surface area contributed by atoms with Gasteiger partial charge in [0, 0.05) is 0 Å². The van der Waals surface area contributed by atoms with E-state index in [0.717, 1.165) is 16.7 Å². The Morgan fingerprint density at radius 2 is 1.71 bits per heavy atom. The van der Waals surface area contributed by atoms with Crippen LogP contribution in [0.15, 0.2) is 18.2 Å². The van der Waals surface area contributed by atoms with E-state index in [2.05, 4.69) is 0 Å². The van der Waals surface area contributed by atoms with Crippen LogP contribution in [0, 0.1) is 25.2 Å². The molecule has 0 aromatic heterocycles. The van der Waals surface area contributed by atoms with Gasteiger partial charge in [0.1, 0.15) is 0 Å². The van der Waals surface area contributed by atoms with E-state index in [0.29, 0.717) is 0 Å². The van der Waals surface area contributed by atoms with Crippen molar-refractivity contribution in [1.29, 1.82) is 0 Å². The van der Waals surface area contributed by atoms with Gasteiger partial charge in [0.15, 0.2) is 5.41 Å². The molecule has 0 spiro atoms. The minimum Gasteiger partial charge on any atom is -0.480 e. The summed E-state index contributed by atoms with van der Waals surface area (Å²) in [6.45, 7) is 9.26. The van der Waals surface area contributed by atoms with Crippen LogP contribution in [0.3, 0.4) is 0 Å². The zero-order valence-electron chi connectivity index (χ0n) is 13.4. The first-order valence-corrected chi connectivity index (χ1v) is 7.21. The van der Waals surface area contributed by atoms with Crippen LogP contribution in [0.1, 0.15) is 37.5 Å². The van der Waals surface area contributed by atoms with Gasteiger partial charge in [-0.1, -0.05) is 43.2 Å². The molecule has 0 aliphatic heterocycles. The molecule has 1 N–H and O–H groups in total. The highest BCUT2D eigenvalue weighted by atomic mass is 16.5. The van der Waals surface area contributed by atoms with Gasteiger partial charge in [0.2, 0.25) is 0 Å². The zero-order chi connectivity index (χ0) is 16.2. The van der Waals surface area contributed by atoms with Crippen molar-refractivity contribution in [2.45, 2.75) is 41.0 Å². The normalized spacial score (nSPS) is 13.8. The lowest BCUT2D eigenvalue weighted by atomic mass is 9.72. The summed E-state index contributed by atoms with van der Waals surface area (Å²) in [5, 5.41) is 9.69. The van der Waals surface area contributed by atoms with Crippen LogP contribution in [-0.2, 0) is 20.7 Å². The molecule has 0 aliphatic carbocycles. The molecular formula is C17H24O4. The van der Waals surface area contributed by atoms with Crippen LogP contribution >= 0.6 is 0 Å². The van der Waals surface area contributed by atoms with E-state index in [-0.39, 0.29) is 18.9 Å². The molecule has 1 atom stereocenters. The second-order valence-corrected chi connectivity index (χ2v) is 5.82. The Hall–Kier alpha value is -1.84. The van der Waals surface area contributed by atoms with Crippen LogP contribution in [0.25, 0.3) is 0 Å². The van der Waals surface area contributed by atoms with Crippen LogP contribution in [0.2, 0.25) is 0 Å². The third-order valence-electron chi connectivity index (χ3n) is 3.77. The number of hydrogen-bond acceptors (Lipinski definition) is 3. The Bertz CT molecular complexity index is 513. The van der Waals surface area contributed by atoms with Gasteiger partial charge in [-0.25, -0.2) is 0 Å². The second kappa shape index (κ2) is 6.74. The summed E-state index contributed by atoms with van der Waals surface area (Å²) in [5.74, 6) is -2.16. The fourth-order valence-corrected chi connectivity index (χ4v) is 2.67. The van der Waals surface area contributed by atoms with Crippen molar-refractivity contribution in [2.24, 2.45) is 11.3 Å². The van der Waals surface area contributed by atoms with Crippen LogP contribution in [0.4, 0.5) is 0 Å². The Labute approximate surface area is 126 Å². The molecule has 116 valence electrons. The number of aliphatic carboxylic acids is 1. The minimum atomic E-state index is -1.55. The summed E-state index contributed by atoms with van der Waals surface area (Å²) in [7, 11) is 0. The molecule has 0 aliphatic rings. The number of carboxylic acids is 1. The Morgan fingerprint density at radius 1 is 1.19 bits per heavy atom. The van der Waals surface area contributed by atoms with E-state index >= 15 is 0 Å². The fourth-order valence-electron chi connectivity index (χ4n) is 2.67. The molecule has 1 rings (SSSR count). The van der Waals surface area contributed by atoms with E-state index in [1.165, 1.54) is 0 Å². The molecule has 21 heavy (non-hydrogen) atoms. The monoisotopic (exact) mass is 292 g/mol. The maximum atomic E-state index is 12.3. The average molecular weight is 292 g/mol. The summed E-state index contributed by atoms with van der Waals surface area (Å²) < 4.78 is 5.04. The van der Waals surface area contributed by atoms with E-state index < -0.39 is 17.4 Å². The van der Waals surface area contributed by atoms with Crippen molar-refractivity contribution in [3.63, 3.8) is 0 Å². The molecule has 0 amide bonds. The number of benzene rings is 1. The quantitative estimate of drug-likeness (QED) is 0.646. The SMILES string of the molecule is CCOC(=O)C(Cc1cc(C)cc(C)c1)(C(=O)O)C(C)C. The number of hydrogen-bond donors (Lipinski definition) is 1. The maximum Gasteiger partial charge on any atom is 0.324 e. The summed E-state index contributed by atoms with van der Waals surface area (Å²) in [5.41, 5.74) is 1.40. The Kier molecular flexibility index (Phi) is 5.53. The molecule has 4 heteroatoms. The number of carboxylic acid groups (broad SMARTS) is 1. The molecule has 0 saturated heterocycles.